The van der Waals surface area contributed by atoms with Gasteiger partial charge >= 0.3 is 0 Å². The SMILES string of the molecule is COc1ccc(C(=O)NCCSc2ncn[nH]2)cc1S(=O)(=O)N1CCCCCC1. The zero-order valence-electron chi connectivity index (χ0n) is 16.3. The summed E-state index contributed by atoms with van der Waals surface area (Å²) in [6.45, 7) is 1.38. The minimum atomic E-state index is -3.73. The van der Waals surface area contributed by atoms with Crippen LogP contribution in [0, 0.1) is 0 Å². The van der Waals surface area contributed by atoms with Crippen molar-refractivity contribution >= 4 is 27.7 Å². The Kier molecular flexibility index (Phi) is 7.51. The van der Waals surface area contributed by atoms with Crippen molar-refractivity contribution in [2.45, 2.75) is 35.7 Å². The van der Waals surface area contributed by atoms with Gasteiger partial charge in [-0.15, -0.1) is 0 Å². The third kappa shape index (κ3) is 5.49. The molecule has 0 atom stereocenters. The monoisotopic (exact) mass is 439 g/mol. The van der Waals surface area contributed by atoms with Gasteiger partial charge < -0.3 is 10.1 Å². The van der Waals surface area contributed by atoms with Crippen LogP contribution in [0.5, 0.6) is 5.75 Å². The topological polar surface area (TPSA) is 117 Å². The molecule has 1 aliphatic rings. The van der Waals surface area contributed by atoms with Crippen LogP contribution in [0.2, 0.25) is 0 Å². The Balaban J connectivity index is 1.71. The number of ether oxygens (including phenoxy) is 1. The molecule has 1 aromatic carbocycles. The summed E-state index contributed by atoms with van der Waals surface area (Å²) in [5.41, 5.74) is 0.281. The Labute approximate surface area is 174 Å². The van der Waals surface area contributed by atoms with Gasteiger partial charge in [0.1, 0.15) is 17.0 Å². The van der Waals surface area contributed by atoms with Crippen LogP contribution >= 0.6 is 11.8 Å². The third-order valence-corrected chi connectivity index (χ3v) is 7.43. The van der Waals surface area contributed by atoms with Crippen molar-refractivity contribution < 1.29 is 17.9 Å². The Morgan fingerprint density at radius 3 is 2.69 bits per heavy atom. The van der Waals surface area contributed by atoms with Gasteiger partial charge in [0.25, 0.3) is 5.91 Å². The summed E-state index contributed by atoms with van der Waals surface area (Å²) in [6, 6.07) is 4.50. The van der Waals surface area contributed by atoms with Crippen LogP contribution in [0.4, 0.5) is 0 Å². The number of carbonyl (C=O) groups excluding carboxylic acids is 1. The summed E-state index contributed by atoms with van der Waals surface area (Å²) in [6.07, 6.45) is 5.15. The maximum Gasteiger partial charge on any atom is 0.251 e. The summed E-state index contributed by atoms with van der Waals surface area (Å²) in [4.78, 5) is 16.5. The summed E-state index contributed by atoms with van der Waals surface area (Å²) in [5, 5.41) is 9.96. The Bertz CT molecular complexity index is 910. The first kappa shape index (κ1) is 21.6. The van der Waals surface area contributed by atoms with E-state index < -0.39 is 10.0 Å². The van der Waals surface area contributed by atoms with Crippen LogP contribution in [-0.2, 0) is 10.0 Å². The Morgan fingerprint density at radius 2 is 2.03 bits per heavy atom. The molecule has 2 heterocycles. The number of aromatic amines is 1. The highest BCUT2D eigenvalue weighted by atomic mass is 32.2. The highest BCUT2D eigenvalue weighted by Crippen LogP contribution is 2.29. The molecule has 0 unspecified atom stereocenters. The first-order valence-electron chi connectivity index (χ1n) is 9.47. The zero-order valence-corrected chi connectivity index (χ0v) is 17.9. The van der Waals surface area contributed by atoms with Crippen LogP contribution in [-0.4, -0.2) is 66.3 Å². The molecule has 3 rings (SSSR count). The highest BCUT2D eigenvalue weighted by Gasteiger charge is 2.29. The quantitative estimate of drug-likeness (QED) is 0.476. The molecule has 0 bridgehead atoms. The van der Waals surface area contributed by atoms with E-state index in [9.17, 15) is 13.2 Å². The highest BCUT2D eigenvalue weighted by molar-refractivity contribution is 7.99. The van der Waals surface area contributed by atoms with Crippen molar-refractivity contribution in [3.05, 3.63) is 30.1 Å². The third-order valence-electron chi connectivity index (χ3n) is 4.63. The molecule has 0 radical (unpaired) electrons. The van der Waals surface area contributed by atoms with Gasteiger partial charge in [-0.05, 0) is 31.0 Å². The first-order chi connectivity index (χ1) is 14.0. The fourth-order valence-electron chi connectivity index (χ4n) is 3.12. The van der Waals surface area contributed by atoms with E-state index in [1.54, 1.807) is 6.07 Å². The standard InChI is InChI=1S/C18H25N5O4S2/c1-27-15-7-6-14(17(24)19-8-11-28-18-20-13-21-22-18)12-16(15)29(25,26)23-9-4-2-3-5-10-23/h6-7,12-13H,2-5,8-11H2,1H3,(H,19,24)(H,20,21,22). The molecule has 1 amide bonds. The normalized spacial score (nSPS) is 15.6. The number of methoxy groups -OCH3 is 1. The lowest BCUT2D eigenvalue weighted by atomic mass is 10.2. The van der Waals surface area contributed by atoms with Gasteiger partial charge in [-0.2, -0.15) is 9.40 Å². The molecule has 1 saturated heterocycles. The molecule has 1 aromatic heterocycles. The number of benzene rings is 1. The zero-order chi connectivity index (χ0) is 20.7. The Morgan fingerprint density at radius 1 is 1.28 bits per heavy atom. The van der Waals surface area contributed by atoms with Gasteiger partial charge in [0, 0.05) is 31.0 Å². The van der Waals surface area contributed by atoms with Crippen molar-refractivity contribution in [2.75, 3.05) is 32.5 Å². The lowest BCUT2D eigenvalue weighted by Crippen LogP contribution is -2.32. The van der Waals surface area contributed by atoms with Crippen molar-refractivity contribution in [3.63, 3.8) is 0 Å². The number of hydrogen-bond acceptors (Lipinski definition) is 7. The number of carbonyl (C=O) groups is 1. The van der Waals surface area contributed by atoms with E-state index in [4.69, 9.17) is 4.74 Å². The van der Waals surface area contributed by atoms with Gasteiger partial charge in [0.05, 0.1) is 7.11 Å². The summed E-state index contributed by atoms with van der Waals surface area (Å²) >= 11 is 1.43. The lowest BCUT2D eigenvalue weighted by molar-refractivity contribution is 0.0956. The van der Waals surface area contributed by atoms with Gasteiger partial charge in [0.2, 0.25) is 10.0 Å². The summed E-state index contributed by atoms with van der Waals surface area (Å²) in [7, 11) is -2.31. The van der Waals surface area contributed by atoms with E-state index in [1.807, 2.05) is 0 Å². The first-order valence-corrected chi connectivity index (χ1v) is 11.9. The lowest BCUT2D eigenvalue weighted by Gasteiger charge is -2.21. The average molecular weight is 440 g/mol. The van der Waals surface area contributed by atoms with E-state index in [2.05, 4.69) is 20.5 Å². The maximum absolute atomic E-state index is 13.2. The number of amides is 1. The molecule has 1 fully saturated rings. The number of aromatic nitrogens is 3. The van der Waals surface area contributed by atoms with Crippen molar-refractivity contribution in [2.24, 2.45) is 0 Å². The number of sulfonamides is 1. The molecular weight excluding hydrogens is 414 g/mol. The molecule has 1 aliphatic heterocycles. The maximum atomic E-state index is 13.2. The minimum Gasteiger partial charge on any atom is -0.495 e. The van der Waals surface area contributed by atoms with E-state index >= 15 is 0 Å². The summed E-state index contributed by atoms with van der Waals surface area (Å²) < 4.78 is 33.1. The minimum absolute atomic E-state index is 0.0329. The average Bonchev–Trinajstić information content (AvgIpc) is 3.09. The molecule has 0 saturated carbocycles. The largest absolute Gasteiger partial charge is 0.495 e. The summed E-state index contributed by atoms with van der Waals surface area (Å²) in [5.74, 6) is 0.514. The second-order valence-electron chi connectivity index (χ2n) is 6.58. The van der Waals surface area contributed by atoms with Crippen molar-refractivity contribution in [1.82, 2.24) is 24.8 Å². The van der Waals surface area contributed by atoms with Crippen molar-refractivity contribution in [1.29, 1.82) is 0 Å². The van der Waals surface area contributed by atoms with E-state index in [-0.39, 0.29) is 22.1 Å². The molecule has 0 spiro atoms. The predicted molar refractivity (Wildman–Crippen MR) is 110 cm³/mol. The number of nitrogens with one attached hydrogen (secondary N) is 2. The molecule has 2 N–H and O–H groups in total. The Hall–Kier alpha value is -2.11. The second kappa shape index (κ2) is 10.1. The van der Waals surface area contributed by atoms with E-state index in [0.29, 0.717) is 30.5 Å². The number of nitrogens with zero attached hydrogens (tertiary/aromatic N) is 3. The molecular formula is C18H25N5O4S2. The van der Waals surface area contributed by atoms with Crippen LogP contribution < -0.4 is 10.1 Å². The van der Waals surface area contributed by atoms with Gasteiger partial charge in [-0.25, -0.2) is 13.4 Å². The molecule has 158 valence electrons. The number of hydrogen-bond donors (Lipinski definition) is 2. The number of rotatable bonds is 8. The van der Waals surface area contributed by atoms with Crippen LogP contribution in [0.15, 0.2) is 34.6 Å². The molecule has 9 nitrogen and oxygen atoms in total. The predicted octanol–water partition coefficient (Wildman–Crippen LogP) is 1.90. The van der Waals surface area contributed by atoms with Crippen LogP contribution in [0.25, 0.3) is 0 Å². The molecule has 29 heavy (non-hydrogen) atoms. The second-order valence-corrected chi connectivity index (χ2v) is 9.57. The van der Waals surface area contributed by atoms with Crippen LogP contribution in [0.3, 0.4) is 0 Å². The smallest absolute Gasteiger partial charge is 0.251 e. The fraction of sp³-hybridized carbons (Fsp3) is 0.500. The van der Waals surface area contributed by atoms with Gasteiger partial charge in [0.15, 0.2) is 5.16 Å². The number of thioether (sulfide) groups is 1. The molecule has 0 aliphatic carbocycles. The van der Waals surface area contributed by atoms with Crippen LogP contribution in [0.1, 0.15) is 36.0 Å². The van der Waals surface area contributed by atoms with Crippen molar-refractivity contribution in [3.8, 4) is 5.75 Å². The number of H-pyrrole nitrogens is 1. The van der Waals surface area contributed by atoms with E-state index in [0.717, 1.165) is 25.7 Å². The molecule has 11 heteroatoms. The van der Waals surface area contributed by atoms with Gasteiger partial charge in [-0.3, -0.25) is 9.89 Å². The van der Waals surface area contributed by atoms with E-state index in [1.165, 1.54) is 41.6 Å². The molecule has 2 aromatic rings. The van der Waals surface area contributed by atoms with Gasteiger partial charge in [-0.1, -0.05) is 24.6 Å². The fourth-order valence-corrected chi connectivity index (χ4v) is 5.45.